The van der Waals surface area contributed by atoms with E-state index in [1.165, 1.54) is 37.8 Å². The molecule has 2 saturated heterocycles. The molecule has 6 heteroatoms. The van der Waals surface area contributed by atoms with E-state index in [1.54, 1.807) is 12.1 Å². The molecular weight excluding hydrogens is 371 g/mol. The first-order chi connectivity index (χ1) is 14.0. The van der Waals surface area contributed by atoms with Crippen LogP contribution in [0.25, 0.3) is 0 Å². The Morgan fingerprint density at radius 3 is 2.45 bits per heavy atom. The molecule has 0 radical (unpaired) electrons. The Morgan fingerprint density at radius 1 is 1.07 bits per heavy atom. The average Bonchev–Trinajstić information content (AvgIpc) is 3.37. The molecule has 1 saturated carbocycles. The first kappa shape index (κ1) is 20.3. The van der Waals surface area contributed by atoms with E-state index in [2.05, 4.69) is 5.32 Å². The van der Waals surface area contributed by atoms with Crippen LogP contribution in [-0.4, -0.2) is 48.1 Å². The predicted molar refractivity (Wildman–Crippen MR) is 108 cm³/mol. The second-order valence-corrected chi connectivity index (χ2v) is 8.92. The average molecular weight is 403 g/mol. The van der Waals surface area contributed by atoms with E-state index in [1.807, 2.05) is 4.90 Å². The number of benzene rings is 1. The summed E-state index contributed by atoms with van der Waals surface area (Å²) in [5.74, 6) is 0.337. The van der Waals surface area contributed by atoms with Gasteiger partial charge in [-0.1, -0.05) is 12.8 Å². The second kappa shape index (κ2) is 8.82. The predicted octanol–water partition coefficient (Wildman–Crippen LogP) is 3.68. The third kappa shape index (κ3) is 4.97. The van der Waals surface area contributed by atoms with E-state index >= 15 is 0 Å². The lowest BCUT2D eigenvalue weighted by Gasteiger charge is -2.39. The lowest BCUT2D eigenvalue weighted by atomic mass is 9.88. The molecule has 0 aromatic heterocycles. The zero-order valence-corrected chi connectivity index (χ0v) is 17.0. The van der Waals surface area contributed by atoms with Crippen molar-refractivity contribution in [3.63, 3.8) is 0 Å². The van der Waals surface area contributed by atoms with Crippen LogP contribution in [0.1, 0.15) is 68.1 Å². The van der Waals surface area contributed by atoms with E-state index in [4.69, 9.17) is 4.74 Å². The third-order valence-electron chi connectivity index (χ3n) is 6.87. The Kier molecular flexibility index (Phi) is 6.18. The van der Waals surface area contributed by atoms with E-state index in [9.17, 15) is 14.0 Å². The van der Waals surface area contributed by atoms with E-state index < -0.39 is 0 Å². The number of halogens is 1. The summed E-state index contributed by atoms with van der Waals surface area (Å²) in [4.78, 5) is 26.6. The van der Waals surface area contributed by atoms with Gasteiger partial charge in [0, 0.05) is 31.6 Å². The summed E-state index contributed by atoms with van der Waals surface area (Å²) < 4.78 is 19.4. The van der Waals surface area contributed by atoms with Gasteiger partial charge in [0.05, 0.1) is 11.7 Å². The van der Waals surface area contributed by atoms with Crippen molar-refractivity contribution in [2.75, 3.05) is 19.6 Å². The molecule has 1 aromatic carbocycles. The monoisotopic (exact) mass is 402 g/mol. The highest BCUT2D eigenvalue weighted by Gasteiger charge is 2.43. The minimum absolute atomic E-state index is 0.0476. The zero-order chi connectivity index (χ0) is 20.3. The number of nitrogens with zero attached hydrogens (tertiary/aromatic N) is 1. The second-order valence-electron chi connectivity index (χ2n) is 8.92. The van der Waals surface area contributed by atoms with Crippen LogP contribution < -0.4 is 5.32 Å². The highest BCUT2D eigenvalue weighted by Crippen LogP contribution is 2.39. The Morgan fingerprint density at radius 2 is 1.76 bits per heavy atom. The maximum Gasteiger partial charge on any atom is 0.253 e. The number of nitrogens with one attached hydrogen (secondary N) is 1. The summed E-state index contributed by atoms with van der Waals surface area (Å²) >= 11 is 0. The maximum atomic E-state index is 13.1. The standard InChI is InChI=1S/C23H31FN2O3/c24-19-7-5-18(6-8-19)22(28)26-13-11-23(12-14-26)10-9-20(29-23)16-25-21(27)15-17-3-1-2-4-17/h5-8,17,20H,1-4,9-16H2,(H,25,27)/t20-/m0/s1. The fraction of sp³-hybridized carbons (Fsp3) is 0.652. The van der Waals surface area contributed by atoms with Gasteiger partial charge in [-0.05, 0) is 68.7 Å². The molecule has 4 rings (SSSR count). The van der Waals surface area contributed by atoms with Crippen molar-refractivity contribution < 1.29 is 18.7 Å². The van der Waals surface area contributed by atoms with Gasteiger partial charge in [-0.25, -0.2) is 4.39 Å². The Hall–Kier alpha value is -1.95. The molecule has 1 N–H and O–H groups in total. The van der Waals surface area contributed by atoms with Crippen LogP contribution in [0.15, 0.2) is 24.3 Å². The van der Waals surface area contributed by atoms with Crippen molar-refractivity contribution in [3.05, 3.63) is 35.6 Å². The van der Waals surface area contributed by atoms with Gasteiger partial charge in [0.1, 0.15) is 5.82 Å². The highest BCUT2D eigenvalue weighted by molar-refractivity contribution is 5.94. The molecule has 2 heterocycles. The van der Waals surface area contributed by atoms with Gasteiger partial charge in [-0.3, -0.25) is 9.59 Å². The molecule has 1 atom stereocenters. The van der Waals surface area contributed by atoms with Gasteiger partial charge in [0.15, 0.2) is 0 Å². The van der Waals surface area contributed by atoms with Crippen molar-refractivity contribution in [2.24, 2.45) is 5.92 Å². The van der Waals surface area contributed by atoms with Gasteiger partial charge >= 0.3 is 0 Å². The normalized spacial score (nSPS) is 24.2. The Bertz CT molecular complexity index is 722. The largest absolute Gasteiger partial charge is 0.370 e. The highest BCUT2D eigenvalue weighted by atomic mass is 19.1. The van der Waals surface area contributed by atoms with Gasteiger partial charge in [0.2, 0.25) is 5.91 Å². The summed E-state index contributed by atoms with van der Waals surface area (Å²) in [5, 5.41) is 3.07. The van der Waals surface area contributed by atoms with Crippen LogP contribution in [0.2, 0.25) is 0 Å². The van der Waals surface area contributed by atoms with Gasteiger partial charge < -0.3 is 15.0 Å². The zero-order valence-electron chi connectivity index (χ0n) is 17.0. The molecule has 1 aliphatic carbocycles. The summed E-state index contributed by atoms with van der Waals surface area (Å²) in [6.07, 6.45) is 9.16. The molecule has 2 amide bonds. The Labute approximate surface area is 172 Å². The minimum Gasteiger partial charge on any atom is -0.370 e. The van der Waals surface area contributed by atoms with Gasteiger partial charge in [0.25, 0.3) is 5.91 Å². The van der Waals surface area contributed by atoms with Crippen molar-refractivity contribution in [1.82, 2.24) is 10.2 Å². The molecule has 158 valence electrons. The van der Waals surface area contributed by atoms with Gasteiger partial charge in [-0.15, -0.1) is 0 Å². The number of carbonyl (C=O) groups excluding carboxylic acids is 2. The lowest BCUT2D eigenvalue weighted by Crippen LogP contribution is -2.47. The van der Waals surface area contributed by atoms with E-state index in [-0.39, 0.29) is 29.3 Å². The summed E-state index contributed by atoms with van der Waals surface area (Å²) in [6.45, 7) is 1.89. The molecular formula is C23H31FN2O3. The SMILES string of the molecule is O=C(CC1CCCC1)NC[C@@H]1CCC2(CCN(C(=O)c3ccc(F)cc3)CC2)O1. The number of piperidine rings is 1. The first-order valence-corrected chi connectivity index (χ1v) is 11.0. The van der Waals surface area contributed by atoms with Crippen molar-refractivity contribution >= 4 is 11.8 Å². The quantitative estimate of drug-likeness (QED) is 0.817. The molecule has 2 aliphatic heterocycles. The van der Waals surface area contributed by atoms with Crippen molar-refractivity contribution in [1.29, 1.82) is 0 Å². The van der Waals surface area contributed by atoms with Crippen molar-refractivity contribution in [3.8, 4) is 0 Å². The topological polar surface area (TPSA) is 58.6 Å². The number of rotatable bonds is 5. The van der Waals surface area contributed by atoms with E-state index in [0.717, 1.165) is 25.7 Å². The molecule has 1 spiro atoms. The van der Waals surface area contributed by atoms with Crippen LogP contribution in [0, 0.1) is 11.7 Å². The fourth-order valence-electron chi connectivity index (χ4n) is 5.08. The van der Waals surface area contributed by atoms with Crippen molar-refractivity contribution in [2.45, 2.75) is 69.5 Å². The number of hydrogen-bond donors (Lipinski definition) is 1. The number of likely N-dealkylation sites (tertiary alicyclic amines) is 1. The fourth-order valence-corrected chi connectivity index (χ4v) is 5.08. The van der Waals surface area contributed by atoms with Crippen LogP contribution in [0.3, 0.4) is 0 Å². The van der Waals surface area contributed by atoms with E-state index in [0.29, 0.717) is 37.5 Å². The number of amides is 2. The summed E-state index contributed by atoms with van der Waals surface area (Å²) in [5.41, 5.74) is 0.359. The Balaban J connectivity index is 1.21. The summed E-state index contributed by atoms with van der Waals surface area (Å²) in [7, 11) is 0. The van der Waals surface area contributed by atoms with Crippen LogP contribution in [0.4, 0.5) is 4.39 Å². The molecule has 3 aliphatic rings. The summed E-state index contributed by atoms with van der Waals surface area (Å²) in [6, 6.07) is 5.73. The third-order valence-corrected chi connectivity index (χ3v) is 6.87. The molecule has 29 heavy (non-hydrogen) atoms. The smallest absolute Gasteiger partial charge is 0.253 e. The van der Waals surface area contributed by atoms with Crippen LogP contribution in [-0.2, 0) is 9.53 Å². The lowest BCUT2D eigenvalue weighted by molar-refractivity contribution is -0.123. The molecule has 3 fully saturated rings. The number of ether oxygens (including phenoxy) is 1. The molecule has 5 nitrogen and oxygen atoms in total. The van der Waals surface area contributed by atoms with Crippen LogP contribution in [0.5, 0.6) is 0 Å². The maximum absolute atomic E-state index is 13.1. The van der Waals surface area contributed by atoms with Gasteiger partial charge in [-0.2, -0.15) is 0 Å². The number of carbonyl (C=O) groups is 2. The molecule has 0 unspecified atom stereocenters. The first-order valence-electron chi connectivity index (χ1n) is 11.0. The molecule has 0 bridgehead atoms. The van der Waals surface area contributed by atoms with Crippen LogP contribution >= 0.6 is 0 Å². The molecule has 1 aromatic rings. The number of hydrogen-bond acceptors (Lipinski definition) is 3. The minimum atomic E-state index is -0.333.